The van der Waals surface area contributed by atoms with Crippen molar-refractivity contribution in [2.24, 2.45) is 17.8 Å². The molecule has 0 spiro atoms. The van der Waals surface area contributed by atoms with Gasteiger partial charge in [-0.25, -0.2) is 0 Å². The lowest BCUT2D eigenvalue weighted by Gasteiger charge is -2.04. The van der Waals surface area contributed by atoms with E-state index < -0.39 is 0 Å². The fourth-order valence-electron chi connectivity index (χ4n) is 2.11. The van der Waals surface area contributed by atoms with Crippen LogP contribution in [0, 0.1) is 17.8 Å². The van der Waals surface area contributed by atoms with Crippen molar-refractivity contribution in [3.8, 4) is 0 Å². The van der Waals surface area contributed by atoms with E-state index in [2.05, 4.69) is 18.2 Å². The van der Waals surface area contributed by atoms with Gasteiger partial charge in [-0.05, 0) is 24.7 Å². The SMILES string of the molecule is C1=CC1C1CCC2C=C21. The zero-order valence-electron chi connectivity index (χ0n) is 5.38. The van der Waals surface area contributed by atoms with Crippen LogP contribution < -0.4 is 0 Å². The predicted molar refractivity (Wildman–Crippen MR) is 36.9 cm³/mol. The molecule has 1 saturated carbocycles. The summed E-state index contributed by atoms with van der Waals surface area (Å²) in [5, 5.41) is 0. The highest BCUT2D eigenvalue weighted by Gasteiger charge is 2.42. The summed E-state index contributed by atoms with van der Waals surface area (Å²) in [6.45, 7) is 0. The molecule has 0 N–H and O–H groups in total. The monoisotopic (exact) mass is 118 g/mol. The van der Waals surface area contributed by atoms with Gasteiger partial charge in [0, 0.05) is 5.92 Å². The summed E-state index contributed by atoms with van der Waals surface area (Å²) < 4.78 is 0. The maximum absolute atomic E-state index is 2.45. The van der Waals surface area contributed by atoms with E-state index in [-0.39, 0.29) is 0 Å². The fourth-order valence-corrected chi connectivity index (χ4v) is 2.11. The molecule has 0 heterocycles. The quantitative estimate of drug-likeness (QED) is 0.463. The molecule has 0 aromatic carbocycles. The Kier molecular flexibility index (Phi) is 0.555. The molecule has 0 radical (unpaired) electrons. The molecular formula is C9H10. The molecule has 0 bridgehead atoms. The lowest BCUT2D eigenvalue weighted by atomic mass is 10.00. The van der Waals surface area contributed by atoms with Crippen LogP contribution in [0.2, 0.25) is 0 Å². The van der Waals surface area contributed by atoms with Crippen LogP contribution in [0.1, 0.15) is 12.8 Å². The Morgan fingerprint density at radius 3 is 2.56 bits per heavy atom. The molecule has 0 nitrogen and oxygen atoms in total. The van der Waals surface area contributed by atoms with E-state index in [1.807, 2.05) is 0 Å². The first-order valence-corrected chi connectivity index (χ1v) is 3.85. The molecule has 3 aliphatic carbocycles. The Balaban J connectivity index is 1.84. The third-order valence-corrected chi connectivity index (χ3v) is 2.81. The smallest absolute Gasteiger partial charge is 0.00127 e. The maximum atomic E-state index is 2.45. The van der Waals surface area contributed by atoms with Crippen LogP contribution in [-0.2, 0) is 0 Å². The second-order valence-electron chi connectivity index (χ2n) is 3.42. The Bertz CT molecular complexity index is 204. The zero-order chi connectivity index (χ0) is 5.84. The Hall–Kier alpha value is -0.520. The fraction of sp³-hybridized carbons (Fsp3) is 0.556. The first-order valence-electron chi connectivity index (χ1n) is 3.85. The number of allylic oxidation sites excluding steroid dienone is 4. The number of rotatable bonds is 1. The van der Waals surface area contributed by atoms with Crippen LogP contribution in [0.5, 0.6) is 0 Å². The molecule has 1 fully saturated rings. The van der Waals surface area contributed by atoms with E-state index in [0.29, 0.717) is 0 Å². The molecule has 9 heavy (non-hydrogen) atoms. The lowest BCUT2D eigenvalue weighted by Crippen LogP contribution is -1.96. The minimum Gasteiger partial charge on any atom is -0.0804 e. The summed E-state index contributed by atoms with van der Waals surface area (Å²) in [7, 11) is 0. The van der Waals surface area contributed by atoms with E-state index in [4.69, 9.17) is 0 Å². The van der Waals surface area contributed by atoms with Crippen molar-refractivity contribution in [2.75, 3.05) is 0 Å². The van der Waals surface area contributed by atoms with E-state index in [1.54, 1.807) is 5.57 Å². The molecule has 3 aliphatic rings. The van der Waals surface area contributed by atoms with Crippen molar-refractivity contribution in [3.63, 3.8) is 0 Å². The Labute approximate surface area is 55.3 Å². The summed E-state index contributed by atoms with van der Waals surface area (Å²) in [6.07, 6.45) is 10.1. The molecule has 0 aliphatic heterocycles. The van der Waals surface area contributed by atoms with Gasteiger partial charge in [-0.2, -0.15) is 0 Å². The largest absolute Gasteiger partial charge is 0.0804 e. The van der Waals surface area contributed by atoms with Gasteiger partial charge in [-0.3, -0.25) is 0 Å². The third-order valence-electron chi connectivity index (χ3n) is 2.81. The summed E-state index contributed by atoms with van der Waals surface area (Å²) in [4.78, 5) is 0. The van der Waals surface area contributed by atoms with E-state index in [0.717, 1.165) is 17.8 Å². The summed E-state index contributed by atoms with van der Waals surface area (Å²) in [5.74, 6) is 2.83. The van der Waals surface area contributed by atoms with Gasteiger partial charge in [0.05, 0.1) is 0 Å². The summed E-state index contributed by atoms with van der Waals surface area (Å²) >= 11 is 0. The average molecular weight is 118 g/mol. The molecule has 2 atom stereocenters. The molecule has 0 aromatic heterocycles. The van der Waals surface area contributed by atoms with Crippen LogP contribution in [0.25, 0.3) is 0 Å². The molecule has 46 valence electrons. The van der Waals surface area contributed by atoms with Gasteiger partial charge < -0.3 is 0 Å². The third kappa shape index (κ3) is 0.487. The highest BCUT2D eigenvalue weighted by Crippen LogP contribution is 2.53. The van der Waals surface area contributed by atoms with Gasteiger partial charge in [-0.15, -0.1) is 0 Å². The first kappa shape index (κ1) is 4.32. The molecule has 0 amide bonds. The zero-order valence-corrected chi connectivity index (χ0v) is 5.38. The second-order valence-corrected chi connectivity index (χ2v) is 3.42. The predicted octanol–water partition coefficient (Wildman–Crippen LogP) is 2.14. The summed E-state index contributed by atoms with van der Waals surface area (Å²) in [5.41, 5.74) is 1.78. The Morgan fingerprint density at radius 1 is 1.22 bits per heavy atom. The molecular weight excluding hydrogens is 108 g/mol. The van der Waals surface area contributed by atoms with Gasteiger partial charge in [0.1, 0.15) is 0 Å². The molecule has 0 saturated heterocycles. The van der Waals surface area contributed by atoms with Crippen molar-refractivity contribution in [1.29, 1.82) is 0 Å². The molecule has 2 unspecified atom stereocenters. The van der Waals surface area contributed by atoms with Crippen molar-refractivity contribution in [2.45, 2.75) is 12.8 Å². The highest BCUT2D eigenvalue weighted by atomic mass is 14.5. The minimum atomic E-state index is 0.892. The van der Waals surface area contributed by atoms with Crippen molar-refractivity contribution >= 4 is 0 Å². The first-order chi connectivity index (χ1) is 4.45. The molecule has 0 aromatic rings. The highest BCUT2D eigenvalue weighted by molar-refractivity contribution is 5.40. The van der Waals surface area contributed by atoms with Crippen LogP contribution in [-0.4, -0.2) is 0 Å². The van der Waals surface area contributed by atoms with Crippen LogP contribution >= 0.6 is 0 Å². The van der Waals surface area contributed by atoms with Crippen molar-refractivity contribution < 1.29 is 0 Å². The van der Waals surface area contributed by atoms with Gasteiger partial charge in [0.25, 0.3) is 0 Å². The van der Waals surface area contributed by atoms with Crippen LogP contribution in [0.4, 0.5) is 0 Å². The number of fused-ring (bicyclic) bond motifs is 1. The normalized spacial score (nSPS) is 44.7. The van der Waals surface area contributed by atoms with Crippen molar-refractivity contribution in [3.05, 3.63) is 23.8 Å². The maximum Gasteiger partial charge on any atom is 0.00127 e. The Morgan fingerprint density at radius 2 is 2.11 bits per heavy atom. The van der Waals surface area contributed by atoms with Crippen LogP contribution in [0.15, 0.2) is 23.8 Å². The van der Waals surface area contributed by atoms with Gasteiger partial charge in [0.15, 0.2) is 0 Å². The number of hydrogen-bond donors (Lipinski definition) is 0. The van der Waals surface area contributed by atoms with E-state index >= 15 is 0 Å². The van der Waals surface area contributed by atoms with E-state index in [9.17, 15) is 0 Å². The average Bonchev–Trinajstić information content (AvgIpc) is 2.74. The standard InChI is InChI=1S/C9H10/c1-2-6(1)8-4-3-7-5-9(7)8/h1-2,5-8H,3-4H2. The van der Waals surface area contributed by atoms with Crippen LogP contribution in [0.3, 0.4) is 0 Å². The topological polar surface area (TPSA) is 0 Å². The van der Waals surface area contributed by atoms with Gasteiger partial charge >= 0.3 is 0 Å². The van der Waals surface area contributed by atoms with Crippen molar-refractivity contribution in [1.82, 2.24) is 0 Å². The molecule has 0 heteroatoms. The number of hydrogen-bond acceptors (Lipinski definition) is 0. The van der Waals surface area contributed by atoms with E-state index in [1.165, 1.54) is 12.8 Å². The lowest BCUT2D eigenvalue weighted by molar-refractivity contribution is 0.579. The second kappa shape index (κ2) is 1.16. The van der Waals surface area contributed by atoms with Gasteiger partial charge in [-0.1, -0.05) is 23.8 Å². The molecule has 3 rings (SSSR count). The minimum absolute atomic E-state index is 0.892. The summed E-state index contributed by atoms with van der Waals surface area (Å²) in [6, 6.07) is 0. The van der Waals surface area contributed by atoms with Gasteiger partial charge in [0.2, 0.25) is 0 Å².